The van der Waals surface area contributed by atoms with Crippen molar-refractivity contribution < 1.29 is 5.11 Å². The molecule has 1 unspecified atom stereocenters. The maximum atomic E-state index is 11.1. The first-order valence-electron chi connectivity index (χ1n) is 9.06. The summed E-state index contributed by atoms with van der Waals surface area (Å²) in [4.78, 5) is 13.9. The van der Waals surface area contributed by atoms with Gasteiger partial charge in [0.1, 0.15) is 11.3 Å². The topological polar surface area (TPSA) is 52.5 Å². The van der Waals surface area contributed by atoms with Crippen molar-refractivity contribution >= 4 is 10.9 Å². The molecule has 5 heteroatoms. The third-order valence-electron chi connectivity index (χ3n) is 5.17. The maximum absolute atomic E-state index is 11.1. The average molecular weight is 348 g/mol. The molecule has 3 aromatic rings. The van der Waals surface area contributed by atoms with Crippen LogP contribution in [0.2, 0.25) is 0 Å². The quantitative estimate of drug-likeness (QED) is 0.789. The lowest BCUT2D eigenvalue weighted by Gasteiger charge is -2.38. The predicted molar refractivity (Wildman–Crippen MR) is 103 cm³/mol. The van der Waals surface area contributed by atoms with Gasteiger partial charge in [-0.25, -0.2) is 4.98 Å². The van der Waals surface area contributed by atoms with E-state index >= 15 is 0 Å². The van der Waals surface area contributed by atoms with E-state index < -0.39 is 0 Å². The minimum Gasteiger partial charge on any atom is -0.505 e. The monoisotopic (exact) mass is 348 g/mol. The van der Waals surface area contributed by atoms with Crippen molar-refractivity contribution in [2.24, 2.45) is 0 Å². The van der Waals surface area contributed by atoms with Crippen molar-refractivity contribution in [1.82, 2.24) is 19.8 Å². The SMILES string of the molecule is Cc1ccc2ccc(C(c3ccccn3)N3CCN(C)CC3)c(O)c2n1. The molecule has 1 fully saturated rings. The zero-order valence-corrected chi connectivity index (χ0v) is 15.3. The minimum absolute atomic E-state index is 0.0726. The molecule has 1 aliphatic rings. The van der Waals surface area contributed by atoms with Crippen molar-refractivity contribution in [3.63, 3.8) is 0 Å². The number of benzene rings is 1. The summed E-state index contributed by atoms with van der Waals surface area (Å²) in [7, 11) is 2.15. The average Bonchev–Trinajstić information content (AvgIpc) is 2.66. The van der Waals surface area contributed by atoms with Crippen LogP contribution in [0, 0.1) is 6.92 Å². The van der Waals surface area contributed by atoms with E-state index in [0.29, 0.717) is 5.52 Å². The van der Waals surface area contributed by atoms with Crippen molar-refractivity contribution in [1.29, 1.82) is 0 Å². The Kier molecular flexibility index (Phi) is 4.57. The summed E-state index contributed by atoms with van der Waals surface area (Å²) in [5.41, 5.74) is 3.40. The highest BCUT2D eigenvalue weighted by molar-refractivity contribution is 5.86. The maximum Gasteiger partial charge on any atom is 0.146 e. The van der Waals surface area contributed by atoms with Gasteiger partial charge in [0, 0.05) is 49.0 Å². The molecule has 26 heavy (non-hydrogen) atoms. The number of phenols is 1. The first kappa shape index (κ1) is 16.9. The molecule has 0 bridgehead atoms. The van der Waals surface area contributed by atoms with Crippen LogP contribution < -0.4 is 0 Å². The minimum atomic E-state index is -0.0726. The van der Waals surface area contributed by atoms with E-state index in [1.165, 1.54) is 0 Å². The summed E-state index contributed by atoms with van der Waals surface area (Å²) in [6.45, 7) is 5.85. The number of aromatic hydroxyl groups is 1. The number of hydrogen-bond acceptors (Lipinski definition) is 5. The number of aromatic nitrogens is 2. The lowest BCUT2D eigenvalue weighted by atomic mass is 9.97. The van der Waals surface area contributed by atoms with Gasteiger partial charge in [-0.15, -0.1) is 0 Å². The molecule has 0 amide bonds. The van der Waals surface area contributed by atoms with E-state index in [0.717, 1.165) is 48.5 Å². The molecule has 0 aliphatic carbocycles. The van der Waals surface area contributed by atoms with Crippen molar-refractivity contribution in [2.75, 3.05) is 33.2 Å². The molecular weight excluding hydrogens is 324 g/mol. The van der Waals surface area contributed by atoms with Gasteiger partial charge < -0.3 is 10.0 Å². The third-order valence-corrected chi connectivity index (χ3v) is 5.17. The Hall–Kier alpha value is -2.50. The van der Waals surface area contributed by atoms with Gasteiger partial charge in [-0.1, -0.05) is 24.3 Å². The molecule has 1 N–H and O–H groups in total. The van der Waals surface area contributed by atoms with Gasteiger partial charge in [0.25, 0.3) is 0 Å². The molecule has 134 valence electrons. The molecule has 0 saturated carbocycles. The Labute approximate surface area is 153 Å². The van der Waals surface area contributed by atoms with Crippen LogP contribution in [0.1, 0.15) is 23.0 Å². The molecular formula is C21H24N4O. The fourth-order valence-corrected chi connectivity index (χ4v) is 3.67. The molecule has 1 aromatic carbocycles. The fraction of sp³-hybridized carbons (Fsp3) is 0.333. The second-order valence-electron chi connectivity index (χ2n) is 7.02. The number of pyridine rings is 2. The summed E-state index contributed by atoms with van der Waals surface area (Å²) in [6.07, 6.45) is 1.82. The number of rotatable bonds is 3. The highest BCUT2D eigenvalue weighted by Crippen LogP contribution is 2.37. The van der Waals surface area contributed by atoms with Gasteiger partial charge >= 0.3 is 0 Å². The molecule has 1 aliphatic heterocycles. The van der Waals surface area contributed by atoms with Gasteiger partial charge in [-0.3, -0.25) is 9.88 Å². The second kappa shape index (κ2) is 7.02. The van der Waals surface area contributed by atoms with Gasteiger partial charge in [-0.05, 0) is 32.2 Å². The smallest absolute Gasteiger partial charge is 0.146 e. The number of nitrogens with zero attached hydrogens (tertiary/aromatic N) is 4. The van der Waals surface area contributed by atoms with Crippen LogP contribution in [0.5, 0.6) is 5.75 Å². The lowest BCUT2D eigenvalue weighted by Crippen LogP contribution is -2.46. The largest absolute Gasteiger partial charge is 0.505 e. The van der Waals surface area contributed by atoms with Crippen LogP contribution in [0.25, 0.3) is 10.9 Å². The van der Waals surface area contributed by atoms with Crippen LogP contribution in [-0.2, 0) is 0 Å². The van der Waals surface area contributed by atoms with Crippen LogP contribution in [0.3, 0.4) is 0 Å². The number of piperazine rings is 1. The van der Waals surface area contributed by atoms with E-state index in [2.05, 4.69) is 26.8 Å². The van der Waals surface area contributed by atoms with Crippen LogP contribution >= 0.6 is 0 Å². The highest BCUT2D eigenvalue weighted by atomic mass is 16.3. The number of aryl methyl sites for hydroxylation is 1. The zero-order valence-electron chi connectivity index (χ0n) is 15.3. The highest BCUT2D eigenvalue weighted by Gasteiger charge is 2.29. The molecule has 5 nitrogen and oxygen atoms in total. The first-order valence-corrected chi connectivity index (χ1v) is 9.06. The van der Waals surface area contributed by atoms with E-state index in [4.69, 9.17) is 0 Å². The molecule has 4 rings (SSSR count). The fourth-order valence-electron chi connectivity index (χ4n) is 3.67. The summed E-state index contributed by atoms with van der Waals surface area (Å²) in [5, 5.41) is 12.0. The van der Waals surface area contributed by atoms with Gasteiger partial charge in [0.15, 0.2) is 0 Å². The molecule has 1 saturated heterocycles. The van der Waals surface area contributed by atoms with Gasteiger partial charge in [-0.2, -0.15) is 0 Å². The standard InChI is InChI=1S/C21H24N4O/c1-15-6-7-16-8-9-17(21(26)19(16)23-15)20(18-5-3-4-10-22-18)25-13-11-24(2)12-14-25/h3-10,20,26H,11-14H2,1-2H3. The molecule has 1 atom stereocenters. The Bertz CT molecular complexity index is 905. The van der Waals surface area contributed by atoms with Crippen LogP contribution in [0.15, 0.2) is 48.7 Å². The van der Waals surface area contributed by atoms with Crippen LogP contribution in [-0.4, -0.2) is 58.1 Å². The van der Waals surface area contributed by atoms with Crippen LogP contribution in [0.4, 0.5) is 0 Å². The second-order valence-corrected chi connectivity index (χ2v) is 7.02. The molecule has 3 heterocycles. The van der Waals surface area contributed by atoms with E-state index in [9.17, 15) is 5.11 Å². The molecule has 2 aromatic heterocycles. The summed E-state index contributed by atoms with van der Waals surface area (Å²) in [5.74, 6) is 0.265. The molecule has 0 radical (unpaired) electrons. The van der Waals surface area contributed by atoms with Crippen molar-refractivity contribution in [3.05, 3.63) is 65.6 Å². The Morgan fingerprint density at radius 1 is 1.00 bits per heavy atom. The zero-order chi connectivity index (χ0) is 18.1. The third kappa shape index (κ3) is 3.16. The summed E-state index contributed by atoms with van der Waals surface area (Å²) < 4.78 is 0. The number of phenolic OH excluding ortho intramolecular Hbond substituents is 1. The number of fused-ring (bicyclic) bond motifs is 1. The molecule has 0 spiro atoms. The summed E-state index contributed by atoms with van der Waals surface area (Å²) in [6, 6.07) is 13.9. The Morgan fingerprint density at radius 3 is 2.50 bits per heavy atom. The van der Waals surface area contributed by atoms with E-state index in [1.54, 1.807) is 0 Å². The Balaban J connectivity index is 1.83. The van der Waals surface area contributed by atoms with E-state index in [-0.39, 0.29) is 11.8 Å². The number of hydrogen-bond donors (Lipinski definition) is 1. The lowest BCUT2D eigenvalue weighted by molar-refractivity contribution is 0.124. The van der Waals surface area contributed by atoms with Gasteiger partial charge in [0.05, 0.1) is 11.7 Å². The van der Waals surface area contributed by atoms with Gasteiger partial charge in [0.2, 0.25) is 0 Å². The van der Waals surface area contributed by atoms with Crippen molar-refractivity contribution in [3.8, 4) is 5.75 Å². The van der Waals surface area contributed by atoms with Crippen molar-refractivity contribution in [2.45, 2.75) is 13.0 Å². The summed E-state index contributed by atoms with van der Waals surface area (Å²) >= 11 is 0. The Morgan fingerprint density at radius 2 is 1.77 bits per heavy atom. The van der Waals surface area contributed by atoms with E-state index in [1.807, 2.05) is 55.6 Å². The number of likely N-dealkylation sites (N-methyl/N-ethyl adjacent to an activating group) is 1. The normalized spacial score (nSPS) is 17.5. The first-order chi connectivity index (χ1) is 12.6. The predicted octanol–water partition coefficient (Wildman–Crippen LogP) is 2.98.